The minimum Gasteiger partial charge on any atom is -0.543 e. The van der Waals surface area contributed by atoms with Crippen LogP contribution in [-0.4, -0.2) is 74.7 Å². The molecule has 2 amide bonds. The molecule has 28 heavy (non-hydrogen) atoms. The quantitative estimate of drug-likeness (QED) is 0.191. The summed E-state index contributed by atoms with van der Waals surface area (Å²) in [6.45, 7) is 5.01. The van der Waals surface area contributed by atoms with Gasteiger partial charge in [0.15, 0.2) is 0 Å². The number of amides is 2. The molecular formula is C17H23N2NaO7S. The van der Waals surface area contributed by atoms with Crippen LogP contribution in [0.15, 0.2) is 10.6 Å². The normalized spacial score (nSPS) is 32.5. The van der Waals surface area contributed by atoms with Gasteiger partial charge in [0, 0.05) is 23.0 Å². The Kier molecular flexibility index (Phi) is 7.63. The van der Waals surface area contributed by atoms with Crippen molar-refractivity contribution in [2.24, 2.45) is 11.8 Å². The van der Waals surface area contributed by atoms with E-state index in [2.05, 4.69) is 0 Å². The van der Waals surface area contributed by atoms with Crippen LogP contribution in [0.4, 0.5) is 0 Å². The van der Waals surface area contributed by atoms with Crippen molar-refractivity contribution in [2.75, 3.05) is 13.2 Å². The third-order valence-electron chi connectivity index (χ3n) is 5.38. The Bertz CT molecular complexity index is 701. The summed E-state index contributed by atoms with van der Waals surface area (Å²) in [7, 11) is 0. The SMILES string of the molecule is CC(=O)N(O)CC1CC(SC2=C(C(=O)[O-])N3C(=O)C(C(C)O)C3C2C)CO1.[Na+]. The van der Waals surface area contributed by atoms with Crippen molar-refractivity contribution in [1.82, 2.24) is 9.96 Å². The van der Waals surface area contributed by atoms with Crippen molar-refractivity contribution in [3.05, 3.63) is 10.6 Å². The van der Waals surface area contributed by atoms with Gasteiger partial charge in [0.2, 0.25) is 11.8 Å². The number of ether oxygens (including phenoxy) is 1. The molecular weight excluding hydrogens is 399 g/mol. The minimum atomic E-state index is -1.40. The fourth-order valence-electron chi connectivity index (χ4n) is 4.05. The number of hydrogen-bond donors (Lipinski definition) is 2. The molecule has 3 heterocycles. The number of carboxylic acids is 1. The van der Waals surface area contributed by atoms with E-state index in [1.165, 1.54) is 30.5 Å². The zero-order valence-electron chi connectivity index (χ0n) is 16.3. The molecule has 2 fully saturated rings. The van der Waals surface area contributed by atoms with Crippen LogP contribution in [0.1, 0.15) is 27.2 Å². The molecule has 9 nitrogen and oxygen atoms in total. The molecule has 0 aliphatic carbocycles. The fourth-order valence-corrected chi connectivity index (χ4v) is 5.52. The van der Waals surface area contributed by atoms with Gasteiger partial charge in [-0.3, -0.25) is 14.8 Å². The van der Waals surface area contributed by atoms with Crippen molar-refractivity contribution in [3.63, 3.8) is 0 Å². The molecule has 2 saturated heterocycles. The number of rotatable bonds is 6. The third kappa shape index (κ3) is 4.14. The van der Waals surface area contributed by atoms with Gasteiger partial charge in [0.05, 0.1) is 49.0 Å². The molecule has 0 aromatic carbocycles. The summed E-state index contributed by atoms with van der Waals surface area (Å²) in [6, 6.07) is -0.378. The van der Waals surface area contributed by atoms with Gasteiger partial charge < -0.3 is 24.6 Å². The molecule has 150 valence electrons. The maximum Gasteiger partial charge on any atom is 1.00 e. The fraction of sp³-hybridized carbons (Fsp3) is 0.706. The van der Waals surface area contributed by atoms with E-state index in [9.17, 15) is 29.8 Å². The Balaban J connectivity index is 0.00000280. The summed E-state index contributed by atoms with van der Waals surface area (Å²) >= 11 is 1.34. The maximum absolute atomic E-state index is 12.3. The standard InChI is InChI=1S/C17H24N2O7S.Na/c1-7-13-12(8(2)20)16(22)19(13)14(17(23)24)15(7)27-11-4-10(26-6-11)5-18(25)9(3)21;/h7-8,10-13,20,25H,4-6H2,1-3H3,(H,23,24);/q;+1/p-1. The number of aliphatic carboxylic acids is 1. The Labute approximate surface area is 189 Å². The molecule has 6 atom stereocenters. The molecule has 0 saturated carbocycles. The van der Waals surface area contributed by atoms with Gasteiger partial charge in [-0.15, -0.1) is 11.8 Å². The van der Waals surface area contributed by atoms with Gasteiger partial charge in [0.25, 0.3) is 0 Å². The number of aliphatic hydroxyl groups excluding tert-OH is 1. The molecule has 3 aliphatic heterocycles. The predicted molar refractivity (Wildman–Crippen MR) is 91.9 cm³/mol. The zero-order chi connectivity index (χ0) is 20.0. The minimum absolute atomic E-state index is 0. The van der Waals surface area contributed by atoms with Crippen molar-refractivity contribution in [1.29, 1.82) is 0 Å². The summed E-state index contributed by atoms with van der Waals surface area (Å²) in [6.07, 6.45) is -0.664. The average Bonchev–Trinajstić information content (AvgIpc) is 3.09. The second kappa shape index (κ2) is 9.03. The number of aliphatic hydroxyl groups is 1. The topological polar surface area (TPSA) is 130 Å². The van der Waals surface area contributed by atoms with E-state index < -0.39 is 29.8 Å². The van der Waals surface area contributed by atoms with Crippen LogP contribution in [-0.2, 0) is 19.1 Å². The average molecular weight is 422 g/mol. The molecule has 0 radical (unpaired) electrons. The first-order chi connectivity index (χ1) is 12.6. The Morgan fingerprint density at radius 2 is 2.11 bits per heavy atom. The van der Waals surface area contributed by atoms with Crippen LogP contribution in [0.25, 0.3) is 0 Å². The van der Waals surface area contributed by atoms with Gasteiger partial charge in [0.1, 0.15) is 0 Å². The Morgan fingerprint density at radius 1 is 1.46 bits per heavy atom. The first-order valence-electron chi connectivity index (χ1n) is 8.85. The van der Waals surface area contributed by atoms with Gasteiger partial charge in [-0.05, 0) is 13.3 Å². The molecule has 0 aromatic heterocycles. The molecule has 3 rings (SSSR count). The van der Waals surface area contributed by atoms with Crippen molar-refractivity contribution < 1.29 is 64.1 Å². The smallest absolute Gasteiger partial charge is 0.543 e. The van der Waals surface area contributed by atoms with E-state index in [4.69, 9.17) is 4.74 Å². The summed E-state index contributed by atoms with van der Waals surface area (Å²) in [5, 5.41) is 31.6. The molecule has 6 unspecified atom stereocenters. The van der Waals surface area contributed by atoms with Crippen molar-refractivity contribution >= 4 is 29.5 Å². The summed E-state index contributed by atoms with van der Waals surface area (Å²) in [5.41, 5.74) is -0.115. The number of carbonyl (C=O) groups excluding carboxylic acids is 3. The molecule has 0 aromatic rings. The van der Waals surface area contributed by atoms with E-state index in [1.807, 2.05) is 6.92 Å². The van der Waals surface area contributed by atoms with Crippen LogP contribution in [0.5, 0.6) is 0 Å². The molecule has 0 bridgehead atoms. The van der Waals surface area contributed by atoms with Gasteiger partial charge in [-0.1, -0.05) is 6.92 Å². The van der Waals surface area contributed by atoms with Gasteiger partial charge in [-0.25, -0.2) is 5.06 Å². The molecule has 11 heteroatoms. The van der Waals surface area contributed by atoms with E-state index in [-0.39, 0.29) is 65.1 Å². The van der Waals surface area contributed by atoms with Crippen molar-refractivity contribution in [3.8, 4) is 0 Å². The third-order valence-corrected chi connectivity index (χ3v) is 6.86. The molecule has 2 N–H and O–H groups in total. The number of carboxylic acid groups (broad SMARTS) is 1. The monoisotopic (exact) mass is 422 g/mol. The first kappa shape index (κ1) is 23.7. The van der Waals surface area contributed by atoms with Gasteiger partial charge in [-0.2, -0.15) is 0 Å². The Morgan fingerprint density at radius 3 is 2.64 bits per heavy atom. The number of fused-ring (bicyclic) bond motifs is 1. The number of thioether (sulfide) groups is 1. The Hall–Kier alpha value is -0.620. The number of carbonyl (C=O) groups is 3. The zero-order valence-corrected chi connectivity index (χ0v) is 19.1. The summed E-state index contributed by atoms with van der Waals surface area (Å²) in [5.74, 6) is -3.12. The van der Waals surface area contributed by atoms with Crippen LogP contribution in [0.2, 0.25) is 0 Å². The second-order valence-electron chi connectivity index (χ2n) is 7.29. The maximum atomic E-state index is 12.3. The first-order valence-corrected chi connectivity index (χ1v) is 9.73. The van der Waals surface area contributed by atoms with E-state index in [0.29, 0.717) is 23.0 Å². The number of β-lactam (4-membered cyclic amide) rings is 1. The largest absolute Gasteiger partial charge is 1.00 e. The van der Waals surface area contributed by atoms with Gasteiger partial charge >= 0.3 is 29.6 Å². The van der Waals surface area contributed by atoms with Crippen LogP contribution in [0, 0.1) is 11.8 Å². The van der Waals surface area contributed by atoms with Crippen molar-refractivity contribution in [2.45, 2.75) is 50.7 Å². The van der Waals surface area contributed by atoms with Crippen LogP contribution < -0.4 is 34.7 Å². The second-order valence-corrected chi connectivity index (χ2v) is 8.63. The summed E-state index contributed by atoms with van der Waals surface area (Å²) < 4.78 is 5.60. The molecule has 0 spiro atoms. The molecule has 3 aliphatic rings. The summed E-state index contributed by atoms with van der Waals surface area (Å²) in [4.78, 5) is 36.9. The van der Waals surface area contributed by atoms with Crippen LogP contribution >= 0.6 is 11.8 Å². The number of hydroxylamine groups is 2. The van der Waals surface area contributed by atoms with E-state index >= 15 is 0 Å². The van der Waals surface area contributed by atoms with E-state index in [0.717, 1.165) is 0 Å². The van der Waals surface area contributed by atoms with Crippen LogP contribution in [0.3, 0.4) is 0 Å². The number of nitrogens with zero attached hydrogens (tertiary/aromatic N) is 2. The predicted octanol–water partition coefficient (Wildman–Crippen LogP) is -4.06. The number of hydrogen-bond acceptors (Lipinski definition) is 8. The van der Waals surface area contributed by atoms with E-state index in [1.54, 1.807) is 0 Å².